The lowest BCUT2D eigenvalue weighted by Crippen LogP contribution is -2.04. The second-order valence-electron chi connectivity index (χ2n) is 4.78. The van der Waals surface area contributed by atoms with Crippen LogP contribution < -0.4 is 10.1 Å². The lowest BCUT2D eigenvalue weighted by atomic mass is 10.1. The van der Waals surface area contributed by atoms with Gasteiger partial charge in [-0.05, 0) is 23.8 Å². The minimum Gasteiger partial charge on any atom is -0.486 e. The molecule has 0 bridgehead atoms. The largest absolute Gasteiger partial charge is 0.486 e. The Labute approximate surface area is 142 Å². The van der Waals surface area contributed by atoms with Crippen molar-refractivity contribution in [2.24, 2.45) is 0 Å². The highest BCUT2D eigenvalue weighted by Gasteiger charge is 2.13. The van der Waals surface area contributed by atoms with E-state index in [-0.39, 0.29) is 28.8 Å². The summed E-state index contributed by atoms with van der Waals surface area (Å²) in [6, 6.07) is 7.84. The van der Waals surface area contributed by atoms with Crippen molar-refractivity contribution < 1.29 is 19.0 Å². The van der Waals surface area contributed by atoms with Gasteiger partial charge in [-0.3, -0.25) is 4.79 Å². The van der Waals surface area contributed by atoms with Gasteiger partial charge >= 0.3 is 5.97 Å². The zero-order valence-electron chi connectivity index (χ0n) is 12.2. The molecule has 0 radical (unpaired) electrons. The molecule has 0 aliphatic carbocycles. The summed E-state index contributed by atoms with van der Waals surface area (Å²) in [5.74, 6) is -1.21. The molecule has 0 heterocycles. The molecule has 2 rings (SSSR count). The molecule has 4 nitrogen and oxygen atoms in total. The van der Waals surface area contributed by atoms with Crippen LogP contribution in [0.25, 0.3) is 0 Å². The molecule has 0 unspecified atom stereocenters. The Morgan fingerprint density at radius 1 is 1.30 bits per heavy atom. The Morgan fingerprint density at radius 2 is 1.96 bits per heavy atom. The maximum Gasteiger partial charge on any atom is 0.307 e. The van der Waals surface area contributed by atoms with Gasteiger partial charge in [-0.2, -0.15) is 0 Å². The molecule has 0 fully saturated rings. The van der Waals surface area contributed by atoms with E-state index in [4.69, 9.17) is 33.0 Å². The summed E-state index contributed by atoms with van der Waals surface area (Å²) in [7, 11) is 1.62. The van der Waals surface area contributed by atoms with E-state index >= 15 is 0 Å². The third kappa shape index (κ3) is 4.27. The van der Waals surface area contributed by atoms with Crippen LogP contribution in [-0.4, -0.2) is 18.1 Å². The molecule has 0 aliphatic heterocycles. The van der Waals surface area contributed by atoms with E-state index in [1.807, 2.05) is 0 Å². The van der Waals surface area contributed by atoms with Crippen molar-refractivity contribution in [3.63, 3.8) is 0 Å². The number of anilines is 1. The number of nitrogens with one attached hydrogen (secondary N) is 1. The number of rotatable bonds is 6. The summed E-state index contributed by atoms with van der Waals surface area (Å²) in [5.41, 5.74) is 1.17. The first-order valence-electron chi connectivity index (χ1n) is 6.70. The van der Waals surface area contributed by atoms with Crippen LogP contribution in [0.1, 0.15) is 11.1 Å². The molecule has 0 saturated heterocycles. The second-order valence-corrected chi connectivity index (χ2v) is 5.59. The average molecular weight is 358 g/mol. The summed E-state index contributed by atoms with van der Waals surface area (Å²) < 4.78 is 19.6. The number of halogens is 3. The van der Waals surface area contributed by atoms with Crippen molar-refractivity contribution in [2.45, 2.75) is 13.0 Å². The van der Waals surface area contributed by atoms with Crippen LogP contribution in [0.5, 0.6) is 5.75 Å². The smallest absolute Gasteiger partial charge is 0.307 e. The molecule has 0 spiro atoms. The maximum atomic E-state index is 14.1. The van der Waals surface area contributed by atoms with Crippen molar-refractivity contribution in [3.8, 4) is 5.75 Å². The summed E-state index contributed by atoms with van der Waals surface area (Å²) in [4.78, 5) is 10.7. The van der Waals surface area contributed by atoms with Gasteiger partial charge in [-0.25, -0.2) is 4.39 Å². The van der Waals surface area contributed by atoms with E-state index in [2.05, 4.69) is 5.32 Å². The molecule has 0 atom stereocenters. The van der Waals surface area contributed by atoms with Crippen molar-refractivity contribution >= 4 is 34.9 Å². The van der Waals surface area contributed by atoms with Crippen molar-refractivity contribution in [1.82, 2.24) is 0 Å². The van der Waals surface area contributed by atoms with Crippen LogP contribution in [-0.2, 0) is 17.8 Å². The Morgan fingerprint density at radius 3 is 2.52 bits per heavy atom. The predicted octanol–water partition coefficient (Wildman–Crippen LogP) is 4.38. The highest BCUT2D eigenvalue weighted by molar-refractivity contribution is 6.37. The molecule has 0 amide bonds. The van der Waals surface area contributed by atoms with Crippen LogP contribution >= 0.6 is 23.2 Å². The van der Waals surface area contributed by atoms with Gasteiger partial charge in [0.2, 0.25) is 0 Å². The van der Waals surface area contributed by atoms with E-state index in [0.717, 1.165) is 0 Å². The second kappa shape index (κ2) is 7.53. The van der Waals surface area contributed by atoms with Crippen LogP contribution in [0, 0.1) is 5.82 Å². The van der Waals surface area contributed by atoms with Gasteiger partial charge < -0.3 is 15.2 Å². The van der Waals surface area contributed by atoms with Gasteiger partial charge in [0.1, 0.15) is 6.61 Å². The zero-order valence-corrected chi connectivity index (χ0v) is 13.7. The maximum absolute atomic E-state index is 14.1. The lowest BCUT2D eigenvalue weighted by molar-refractivity contribution is -0.136. The molecular weight excluding hydrogens is 344 g/mol. The number of carbonyl (C=O) groups is 1. The van der Waals surface area contributed by atoms with E-state index in [9.17, 15) is 9.18 Å². The summed E-state index contributed by atoms with van der Waals surface area (Å²) in [6.45, 7) is -0.0565. The van der Waals surface area contributed by atoms with E-state index in [0.29, 0.717) is 16.8 Å². The fraction of sp³-hybridized carbons (Fsp3) is 0.188. The van der Waals surface area contributed by atoms with Gasteiger partial charge in [0.15, 0.2) is 11.6 Å². The Hall–Kier alpha value is -1.98. The molecule has 23 heavy (non-hydrogen) atoms. The highest BCUT2D eigenvalue weighted by atomic mass is 35.5. The normalized spacial score (nSPS) is 10.4. The topological polar surface area (TPSA) is 58.6 Å². The first-order valence-corrected chi connectivity index (χ1v) is 7.45. The Kier molecular flexibility index (Phi) is 5.69. The van der Waals surface area contributed by atoms with Gasteiger partial charge in [0.25, 0.3) is 0 Å². The van der Waals surface area contributed by atoms with E-state index in [1.165, 1.54) is 12.1 Å². The molecule has 2 aromatic rings. The summed E-state index contributed by atoms with van der Waals surface area (Å²) in [5, 5.41) is 11.9. The molecule has 0 saturated carbocycles. The first-order chi connectivity index (χ1) is 10.9. The predicted molar refractivity (Wildman–Crippen MR) is 88.1 cm³/mol. The highest BCUT2D eigenvalue weighted by Crippen LogP contribution is 2.35. The first kappa shape index (κ1) is 17.4. The Balaban J connectivity index is 2.19. The van der Waals surface area contributed by atoms with Gasteiger partial charge in [0, 0.05) is 12.6 Å². The fourth-order valence-corrected chi connectivity index (χ4v) is 2.70. The number of hydrogen-bond donors (Lipinski definition) is 2. The van der Waals surface area contributed by atoms with Crippen molar-refractivity contribution in [3.05, 3.63) is 57.3 Å². The standard InChI is InChI=1S/C16H14Cl2FNO3/c1-20-13-4-2-3-10(15(13)19)8-23-16-11(17)5-9(6-12(16)18)7-14(21)22/h2-6,20H,7-8H2,1H3,(H,21,22). The fourth-order valence-electron chi connectivity index (χ4n) is 2.06. The number of carboxylic acids is 1. The molecule has 0 aliphatic rings. The summed E-state index contributed by atoms with van der Waals surface area (Å²) in [6.07, 6.45) is -0.196. The van der Waals surface area contributed by atoms with Gasteiger partial charge in [0.05, 0.1) is 22.2 Å². The molecule has 7 heteroatoms. The minimum absolute atomic E-state index is 0.0565. The molecule has 122 valence electrons. The number of benzene rings is 2. The number of aliphatic carboxylic acids is 1. The third-order valence-electron chi connectivity index (χ3n) is 3.13. The third-order valence-corrected chi connectivity index (χ3v) is 3.69. The van der Waals surface area contributed by atoms with Crippen LogP contribution in [0.3, 0.4) is 0 Å². The zero-order chi connectivity index (χ0) is 17.0. The van der Waals surface area contributed by atoms with E-state index < -0.39 is 11.8 Å². The average Bonchev–Trinajstić information content (AvgIpc) is 2.47. The Bertz CT molecular complexity index is 714. The van der Waals surface area contributed by atoms with Crippen LogP contribution in [0.4, 0.5) is 10.1 Å². The number of carboxylic acid groups (broad SMARTS) is 1. The molecule has 0 aromatic heterocycles. The minimum atomic E-state index is -0.989. The molecular formula is C16H14Cl2FNO3. The molecule has 2 aromatic carbocycles. The number of hydrogen-bond acceptors (Lipinski definition) is 3. The van der Waals surface area contributed by atoms with Gasteiger partial charge in [-0.1, -0.05) is 35.3 Å². The van der Waals surface area contributed by atoms with E-state index in [1.54, 1.807) is 25.2 Å². The quantitative estimate of drug-likeness (QED) is 0.805. The molecule has 2 N–H and O–H groups in total. The number of ether oxygens (including phenoxy) is 1. The van der Waals surface area contributed by atoms with Crippen LogP contribution in [0.15, 0.2) is 30.3 Å². The SMILES string of the molecule is CNc1cccc(COc2c(Cl)cc(CC(=O)O)cc2Cl)c1F. The lowest BCUT2D eigenvalue weighted by Gasteiger charge is -2.13. The summed E-state index contributed by atoms with van der Waals surface area (Å²) >= 11 is 12.1. The van der Waals surface area contributed by atoms with Crippen molar-refractivity contribution in [1.29, 1.82) is 0 Å². The van der Waals surface area contributed by atoms with Gasteiger partial charge in [-0.15, -0.1) is 0 Å². The monoisotopic (exact) mass is 357 g/mol. The van der Waals surface area contributed by atoms with Crippen LogP contribution in [0.2, 0.25) is 10.0 Å². The van der Waals surface area contributed by atoms with Crippen molar-refractivity contribution in [2.75, 3.05) is 12.4 Å².